The second-order valence-electron chi connectivity index (χ2n) is 6.87. The van der Waals surface area contributed by atoms with E-state index >= 15 is 0 Å². The summed E-state index contributed by atoms with van der Waals surface area (Å²) in [4.78, 5) is 4.88. The zero-order valence-corrected chi connectivity index (χ0v) is 15.2. The number of para-hydroxylation sites is 3. The predicted octanol–water partition coefficient (Wildman–Crippen LogP) is 5.49. The van der Waals surface area contributed by atoms with Gasteiger partial charge in [0.25, 0.3) is 0 Å². The molecule has 4 heteroatoms. The quantitative estimate of drug-likeness (QED) is 0.628. The van der Waals surface area contributed by atoms with Crippen LogP contribution in [-0.4, -0.2) is 15.6 Å². The van der Waals surface area contributed by atoms with Gasteiger partial charge in [0.2, 0.25) is 0 Å². The Morgan fingerprint density at radius 3 is 2.48 bits per heavy atom. The number of hydrogen-bond acceptors (Lipinski definition) is 2. The van der Waals surface area contributed by atoms with Crippen molar-refractivity contribution in [3.05, 3.63) is 59.4 Å². The molecule has 0 bridgehead atoms. The second kappa shape index (κ2) is 7.59. The normalized spacial score (nSPS) is 16.2. The lowest BCUT2D eigenvalue weighted by atomic mass is 10.1. The van der Waals surface area contributed by atoms with E-state index in [1.165, 1.54) is 38.5 Å². The molecule has 0 radical (unpaired) electrons. The smallest absolute Gasteiger partial charge is 0.128 e. The highest BCUT2D eigenvalue weighted by Gasteiger charge is 2.16. The monoisotopic (exact) mass is 353 g/mol. The molecule has 1 aliphatic rings. The van der Waals surface area contributed by atoms with Crippen LogP contribution in [0, 0.1) is 0 Å². The van der Waals surface area contributed by atoms with Gasteiger partial charge >= 0.3 is 0 Å². The van der Waals surface area contributed by atoms with Crippen molar-refractivity contribution < 1.29 is 0 Å². The van der Waals surface area contributed by atoms with E-state index in [0.29, 0.717) is 6.04 Å². The second-order valence-corrected chi connectivity index (χ2v) is 7.28. The van der Waals surface area contributed by atoms with Crippen molar-refractivity contribution in [2.45, 2.75) is 51.1 Å². The summed E-state index contributed by atoms with van der Waals surface area (Å²) >= 11 is 6.49. The number of benzene rings is 2. The third-order valence-corrected chi connectivity index (χ3v) is 5.45. The number of fused-ring (bicyclic) bond motifs is 1. The first-order valence-corrected chi connectivity index (χ1v) is 9.65. The summed E-state index contributed by atoms with van der Waals surface area (Å²) in [6.45, 7) is 0.768. The zero-order chi connectivity index (χ0) is 17.1. The van der Waals surface area contributed by atoms with Crippen molar-refractivity contribution in [2.75, 3.05) is 0 Å². The molecule has 1 aromatic heterocycles. The highest BCUT2D eigenvalue weighted by molar-refractivity contribution is 6.32. The fraction of sp³-hybridized carbons (Fsp3) is 0.381. The van der Waals surface area contributed by atoms with Crippen LogP contribution in [0.15, 0.2) is 48.5 Å². The Hall–Kier alpha value is -1.84. The van der Waals surface area contributed by atoms with E-state index in [1.54, 1.807) is 0 Å². The Morgan fingerprint density at radius 2 is 1.68 bits per heavy atom. The Balaban J connectivity index is 1.68. The van der Waals surface area contributed by atoms with Gasteiger partial charge in [-0.15, -0.1) is 0 Å². The van der Waals surface area contributed by atoms with E-state index in [9.17, 15) is 0 Å². The summed E-state index contributed by atoms with van der Waals surface area (Å²) in [6, 6.07) is 16.9. The number of halogens is 1. The standard InChI is InChI=1S/C21H24ClN3/c22-17-11-5-7-13-19(17)25-20-14-8-6-12-18(20)24-21(25)15-23-16-9-3-1-2-4-10-16/h5-8,11-14,16,23H,1-4,9-10,15H2. The summed E-state index contributed by atoms with van der Waals surface area (Å²) in [5.41, 5.74) is 3.11. The molecule has 0 spiro atoms. The summed E-state index contributed by atoms with van der Waals surface area (Å²) in [5.74, 6) is 1.03. The minimum atomic E-state index is 0.599. The Kier molecular flexibility index (Phi) is 5.04. The molecule has 1 heterocycles. The van der Waals surface area contributed by atoms with Crippen LogP contribution in [-0.2, 0) is 6.54 Å². The summed E-state index contributed by atoms with van der Waals surface area (Å²) in [5, 5.41) is 4.49. The Morgan fingerprint density at radius 1 is 0.960 bits per heavy atom. The summed E-state index contributed by atoms with van der Waals surface area (Å²) in [6.07, 6.45) is 7.95. The van der Waals surface area contributed by atoms with Crippen molar-refractivity contribution in [1.29, 1.82) is 0 Å². The van der Waals surface area contributed by atoms with Crippen LogP contribution in [0.2, 0.25) is 5.02 Å². The molecule has 2 aromatic carbocycles. The molecule has 1 N–H and O–H groups in total. The number of rotatable bonds is 4. The lowest BCUT2D eigenvalue weighted by Crippen LogP contribution is -2.29. The number of hydrogen-bond donors (Lipinski definition) is 1. The molecule has 3 nitrogen and oxygen atoms in total. The van der Waals surface area contributed by atoms with Gasteiger partial charge in [-0.05, 0) is 37.1 Å². The molecule has 0 saturated heterocycles. The van der Waals surface area contributed by atoms with Gasteiger partial charge in [0.05, 0.1) is 28.3 Å². The van der Waals surface area contributed by atoms with Gasteiger partial charge in [0.15, 0.2) is 0 Å². The molecule has 1 saturated carbocycles. The van der Waals surface area contributed by atoms with Crippen molar-refractivity contribution in [3.63, 3.8) is 0 Å². The van der Waals surface area contributed by atoms with Crippen LogP contribution < -0.4 is 5.32 Å². The average molecular weight is 354 g/mol. The third-order valence-electron chi connectivity index (χ3n) is 5.13. The minimum absolute atomic E-state index is 0.599. The maximum absolute atomic E-state index is 6.49. The lowest BCUT2D eigenvalue weighted by Gasteiger charge is -2.17. The Labute approximate surface area is 154 Å². The maximum Gasteiger partial charge on any atom is 0.128 e. The fourth-order valence-corrected chi connectivity index (χ4v) is 4.04. The van der Waals surface area contributed by atoms with E-state index in [2.05, 4.69) is 34.1 Å². The number of nitrogens with one attached hydrogen (secondary N) is 1. The zero-order valence-electron chi connectivity index (χ0n) is 14.4. The van der Waals surface area contributed by atoms with Crippen molar-refractivity contribution >= 4 is 22.6 Å². The lowest BCUT2D eigenvalue weighted by molar-refractivity contribution is 0.451. The molecule has 0 unspecified atom stereocenters. The highest BCUT2D eigenvalue weighted by atomic mass is 35.5. The van der Waals surface area contributed by atoms with Crippen LogP contribution >= 0.6 is 11.6 Å². The SMILES string of the molecule is Clc1ccccc1-n1c(CNC2CCCCCC2)nc2ccccc21. The fourth-order valence-electron chi connectivity index (χ4n) is 3.82. The summed E-state index contributed by atoms with van der Waals surface area (Å²) < 4.78 is 2.20. The van der Waals surface area contributed by atoms with E-state index in [-0.39, 0.29) is 0 Å². The number of imidazole rings is 1. The van der Waals surface area contributed by atoms with E-state index in [1.807, 2.05) is 24.3 Å². The van der Waals surface area contributed by atoms with Crippen LogP contribution in [0.3, 0.4) is 0 Å². The van der Waals surface area contributed by atoms with Crippen LogP contribution in [0.4, 0.5) is 0 Å². The van der Waals surface area contributed by atoms with E-state index < -0.39 is 0 Å². The average Bonchev–Trinajstić information content (AvgIpc) is 2.80. The van der Waals surface area contributed by atoms with Gasteiger partial charge in [-0.2, -0.15) is 0 Å². The largest absolute Gasteiger partial charge is 0.307 e. The molecule has 1 aliphatic carbocycles. The molecule has 0 atom stereocenters. The topological polar surface area (TPSA) is 29.9 Å². The van der Waals surface area contributed by atoms with Crippen molar-refractivity contribution in [2.24, 2.45) is 0 Å². The first kappa shape index (κ1) is 16.6. The van der Waals surface area contributed by atoms with E-state index in [0.717, 1.165) is 34.1 Å². The molecular formula is C21H24ClN3. The van der Waals surface area contributed by atoms with Gasteiger partial charge < -0.3 is 5.32 Å². The minimum Gasteiger partial charge on any atom is -0.307 e. The van der Waals surface area contributed by atoms with Gasteiger partial charge in [0, 0.05) is 6.04 Å². The Bertz CT molecular complexity index is 847. The molecule has 4 rings (SSSR count). The van der Waals surface area contributed by atoms with Crippen LogP contribution in [0.25, 0.3) is 16.7 Å². The van der Waals surface area contributed by atoms with Crippen LogP contribution in [0.5, 0.6) is 0 Å². The molecule has 25 heavy (non-hydrogen) atoms. The number of aromatic nitrogens is 2. The highest BCUT2D eigenvalue weighted by Crippen LogP contribution is 2.27. The van der Waals surface area contributed by atoms with E-state index in [4.69, 9.17) is 16.6 Å². The number of nitrogens with zero attached hydrogens (tertiary/aromatic N) is 2. The predicted molar refractivity (Wildman–Crippen MR) is 104 cm³/mol. The first-order valence-electron chi connectivity index (χ1n) is 9.27. The molecule has 0 amide bonds. The molecule has 130 valence electrons. The van der Waals surface area contributed by atoms with Gasteiger partial charge in [-0.25, -0.2) is 4.98 Å². The first-order chi connectivity index (χ1) is 12.3. The molecule has 3 aromatic rings. The van der Waals surface area contributed by atoms with Crippen molar-refractivity contribution in [3.8, 4) is 5.69 Å². The van der Waals surface area contributed by atoms with Crippen molar-refractivity contribution in [1.82, 2.24) is 14.9 Å². The molecule has 1 fully saturated rings. The van der Waals surface area contributed by atoms with Gasteiger partial charge in [-0.3, -0.25) is 4.57 Å². The molecule has 0 aliphatic heterocycles. The van der Waals surface area contributed by atoms with Gasteiger partial charge in [0.1, 0.15) is 5.82 Å². The third kappa shape index (κ3) is 3.58. The van der Waals surface area contributed by atoms with Crippen LogP contribution in [0.1, 0.15) is 44.3 Å². The maximum atomic E-state index is 6.49. The molecular weight excluding hydrogens is 330 g/mol. The summed E-state index contributed by atoms with van der Waals surface area (Å²) in [7, 11) is 0. The van der Waals surface area contributed by atoms with Gasteiger partial charge in [-0.1, -0.05) is 61.5 Å².